The molecule has 2 atom stereocenters. The summed E-state index contributed by atoms with van der Waals surface area (Å²) in [6.45, 7) is 3.57. The molecule has 0 fully saturated rings. The number of allylic oxidation sites excluding steroid dienone is 16. The van der Waals surface area contributed by atoms with Gasteiger partial charge in [0.05, 0.1) is 13.2 Å². The standard InChI is InChI=1S/C52H88NO8P/c1-3-5-7-9-11-13-15-17-18-19-20-21-22-23-24-25-26-27-28-29-30-31-32-33-35-37-39-41-43-45-52(55)61-50(49-60-62(56,57)59-47-46-53)48-58-51(54)44-42-40-38-36-34-16-14-12-10-8-6-4-2/h5,7,11,13,17-18,20-21,23-24,26-27,29-30,32-33,50H,3-4,6,8-10,12,14-16,19,22,25,28,31,34-49,53H2,1-2H3,(H,56,57)/b7-5-,13-11-,18-17-,21-20-,24-23-,27-26-,30-29-,33-32-. The highest BCUT2D eigenvalue weighted by Crippen LogP contribution is 2.43. The molecule has 0 aromatic heterocycles. The minimum absolute atomic E-state index is 0.0447. The number of carbonyl (C=O) groups excluding carboxylic acids is 2. The molecule has 0 aromatic rings. The van der Waals surface area contributed by atoms with Crippen LogP contribution in [0.25, 0.3) is 0 Å². The van der Waals surface area contributed by atoms with Crippen LogP contribution in [0.4, 0.5) is 0 Å². The smallest absolute Gasteiger partial charge is 0.462 e. The van der Waals surface area contributed by atoms with Crippen molar-refractivity contribution < 1.29 is 37.6 Å². The highest BCUT2D eigenvalue weighted by molar-refractivity contribution is 7.47. The Hall–Kier alpha value is -3.07. The molecule has 0 saturated carbocycles. The molecule has 3 N–H and O–H groups in total. The first-order valence-corrected chi connectivity index (χ1v) is 25.7. The third kappa shape index (κ3) is 46.4. The Morgan fingerprint density at radius 1 is 0.500 bits per heavy atom. The van der Waals surface area contributed by atoms with Crippen LogP contribution < -0.4 is 5.73 Å². The van der Waals surface area contributed by atoms with Crippen LogP contribution in [-0.4, -0.2) is 49.3 Å². The minimum atomic E-state index is -4.39. The summed E-state index contributed by atoms with van der Waals surface area (Å²) in [5.41, 5.74) is 5.35. The van der Waals surface area contributed by atoms with Crippen molar-refractivity contribution in [3.05, 3.63) is 97.2 Å². The molecule has 0 aliphatic heterocycles. The summed E-state index contributed by atoms with van der Waals surface area (Å²) in [4.78, 5) is 34.9. The zero-order valence-corrected chi connectivity index (χ0v) is 40.0. The number of hydrogen-bond acceptors (Lipinski definition) is 8. The lowest BCUT2D eigenvalue weighted by atomic mass is 10.0. The number of unbranched alkanes of at least 4 members (excludes halogenated alkanes) is 15. The number of esters is 2. The number of hydrogen-bond donors (Lipinski definition) is 2. The van der Waals surface area contributed by atoms with Crippen LogP contribution in [0.2, 0.25) is 0 Å². The van der Waals surface area contributed by atoms with Gasteiger partial charge in [-0.25, -0.2) is 4.57 Å². The first kappa shape index (κ1) is 58.9. The molecule has 0 amide bonds. The molecule has 9 nitrogen and oxygen atoms in total. The van der Waals surface area contributed by atoms with Crippen LogP contribution in [0.3, 0.4) is 0 Å². The van der Waals surface area contributed by atoms with Crippen LogP contribution in [0, 0.1) is 0 Å². The first-order valence-electron chi connectivity index (χ1n) is 24.2. The maximum Gasteiger partial charge on any atom is 0.472 e. The van der Waals surface area contributed by atoms with Gasteiger partial charge in [-0.3, -0.25) is 18.6 Å². The average molecular weight is 886 g/mol. The summed E-state index contributed by atoms with van der Waals surface area (Å²) in [6.07, 6.45) is 61.6. The van der Waals surface area contributed by atoms with Gasteiger partial charge in [0, 0.05) is 19.4 Å². The molecule has 10 heteroatoms. The summed E-state index contributed by atoms with van der Waals surface area (Å²) >= 11 is 0. The van der Waals surface area contributed by atoms with Gasteiger partial charge < -0.3 is 20.1 Å². The second-order valence-corrected chi connectivity index (χ2v) is 17.1. The van der Waals surface area contributed by atoms with E-state index in [2.05, 4.69) is 111 Å². The Morgan fingerprint density at radius 3 is 1.32 bits per heavy atom. The zero-order valence-electron chi connectivity index (χ0n) is 39.1. The average Bonchev–Trinajstić information content (AvgIpc) is 3.26. The van der Waals surface area contributed by atoms with Crippen molar-refractivity contribution in [2.45, 2.75) is 193 Å². The fourth-order valence-electron chi connectivity index (χ4n) is 6.18. The number of nitrogens with two attached hydrogens (primary N) is 1. The molecule has 62 heavy (non-hydrogen) atoms. The van der Waals surface area contributed by atoms with Gasteiger partial charge in [0.1, 0.15) is 6.61 Å². The van der Waals surface area contributed by atoms with Crippen molar-refractivity contribution in [2.24, 2.45) is 5.73 Å². The van der Waals surface area contributed by atoms with E-state index < -0.39 is 32.5 Å². The Kier molecular flexibility index (Phi) is 45.1. The Labute approximate surface area is 378 Å². The third-order valence-electron chi connectivity index (χ3n) is 9.73. The predicted molar refractivity (Wildman–Crippen MR) is 261 cm³/mol. The molecule has 0 rings (SSSR count). The van der Waals surface area contributed by atoms with E-state index in [0.717, 1.165) is 96.3 Å². The lowest BCUT2D eigenvalue weighted by Crippen LogP contribution is -2.29. The summed E-state index contributed by atoms with van der Waals surface area (Å²) in [5.74, 6) is -0.863. The molecule has 0 radical (unpaired) electrons. The summed E-state index contributed by atoms with van der Waals surface area (Å²) in [7, 11) is -4.39. The van der Waals surface area contributed by atoms with E-state index in [4.69, 9.17) is 24.3 Å². The van der Waals surface area contributed by atoms with Crippen molar-refractivity contribution in [3.8, 4) is 0 Å². The van der Waals surface area contributed by atoms with E-state index in [1.165, 1.54) is 57.8 Å². The Morgan fingerprint density at radius 2 is 0.887 bits per heavy atom. The number of phosphoric acid groups is 1. The SMILES string of the molecule is CC/C=C\C/C=C\C/C=C\C/C=C\C/C=C\C/C=C\C/C=C\C/C=C\CCCCCCC(=O)OC(COC(=O)CCCCCCCCCCCCCC)COP(=O)(O)OCCN. The third-order valence-corrected chi connectivity index (χ3v) is 10.7. The normalized spacial score (nSPS) is 14.1. The van der Waals surface area contributed by atoms with Crippen molar-refractivity contribution >= 4 is 19.8 Å². The maximum atomic E-state index is 12.6. The highest BCUT2D eigenvalue weighted by Gasteiger charge is 2.26. The van der Waals surface area contributed by atoms with Crippen molar-refractivity contribution in [3.63, 3.8) is 0 Å². The highest BCUT2D eigenvalue weighted by atomic mass is 31.2. The minimum Gasteiger partial charge on any atom is -0.462 e. The van der Waals surface area contributed by atoms with Gasteiger partial charge in [0.2, 0.25) is 0 Å². The van der Waals surface area contributed by atoms with Crippen molar-refractivity contribution in [2.75, 3.05) is 26.4 Å². The summed E-state index contributed by atoms with van der Waals surface area (Å²) < 4.78 is 32.8. The van der Waals surface area contributed by atoms with E-state index in [1.54, 1.807) is 0 Å². The van der Waals surface area contributed by atoms with E-state index in [9.17, 15) is 19.0 Å². The van der Waals surface area contributed by atoms with Gasteiger partial charge in [-0.05, 0) is 77.0 Å². The van der Waals surface area contributed by atoms with E-state index >= 15 is 0 Å². The zero-order chi connectivity index (χ0) is 45.3. The molecule has 0 spiro atoms. The van der Waals surface area contributed by atoms with Crippen LogP contribution in [0.1, 0.15) is 187 Å². The molecule has 0 bridgehead atoms. The lowest BCUT2D eigenvalue weighted by Gasteiger charge is -2.19. The second kappa shape index (κ2) is 47.4. The number of ether oxygens (including phenoxy) is 2. The molecular formula is C52H88NO8P. The van der Waals surface area contributed by atoms with E-state index in [1.807, 2.05) is 0 Å². The van der Waals surface area contributed by atoms with Crippen LogP contribution in [0.15, 0.2) is 97.2 Å². The maximum absolute atomic E-state index is 12.6. The van der Waals surface area contributed by atoms with Gasteiger partial charge in [-0.15, -0.1) is 0 Å². The molecule has 0 saturated heterocycles. The molecule has 354 valence electrons. The molecule has 0 aliphatic rings. The van der Waals surface area contributed by atoms with E-state index in [0.29, 0.717) is 6.42 Å². The van der Waals surface area contributed by atoms with Crippen LogP contribution in [0.5, 0.6) is 0 Å². The fourth-order valence-corrected chi connectivity index (χ4v) is 6.94. The van der Waals surface area contributed by atoms with Crippen LogP contribution in [-0.2, 0) is 32.7 Å². The summed E-state index contributed by atoms with van der Waals surface area (Å²) in [6, 6.07) is 0. The monoisotopic (exact) mass is 886 g/mol. The topological polar surface area (TPSA) is 134 Å². The molecular weight excluding hydrogens is 798 g/mol. The van der Waals surface area contributed by atoms with Gasteiger partial charge >= 0.3 is 19.8 Å². The molecule has 2 unspecified atom stereocenters. The summed E-state index contributed by atoms with van der Waals surface area (Å²) in [5, 5.41) is 0. The van der Waals surface area contributed by atoms with Gasteiger partial charge in [-0.2, -0.15) is 0 Å². The molecule has 0 heterocycles. The van der Waals surface area contributed by atoms with Gasteiger partial charge in [0.25, 0.3) is 0 Å². The number of rotatable bonds is 44. The first-order chi connectivity index (χ1) is 30.3. The van der Waals surface area contributed by atoms with Gasteiger partial charge in [0.15, 0.2) is 6.10 Å². The fraction of sp³-hybridized carbons (Fsp3) is 0.654. The Balaban J connectivity index is 4.14. The predicted octanol–water partition coefficient (Wildman–Crippen LogP) is 14.6. The second-order valence-electron chi connectivity index (χ2n) is 15.6. The lowest BCUT2D eigenvalue weighted by molar-refractivity contribution is -0.161. The van der Waals surface area contributed by atoms with Crippen molar-refractivity contribution in [1.82, 2.24) is 0 Å². The largest absolute Gasteiger partial charge is 0.472 e. The van der Waals surface area contributed by atoms with E-state index in [-0.39, 0.29) is 32.6 Å². The number of carbonyl (C=O) groups is 2. The number of phosphoric ester groups is 1. The molecule has 0 aliphatic carbocycles. The molecule has 0 aromatic carbocycles. The Bertz CT molecular complexity index is 1330. The van der Waals surface area contributed by atoms with Crippen LogP contribution >= 0.6 is 7.82 Å². The quantitative estimate of drug-likeness (QED) is 0.0265. The van der Waals surface area contributed by atoms with Crippen molar-refractivity contribution in [1.29, 1.82) is 0 Å². The van der Waals surface area contributed by atoms with Gasteiger partial charge in [-0.1, -0.05) is 195 Å².